The Kier molecular flexibility index (Phi) is 15.8. The van der Waals surface area contributed by atoms with Gasteiger partial charge in [-0.2, -0.15) is 0 Å². The van der Waals surface area contributed by atoms with Gasteiger partial charge in [0.15, 0.2) is 18.5 Å². The summed E-state index contributed by atoms with van der Waals surface area (Å²) in [5, 5.41) is 0. The van der Waals surface area contributed by atoms with E-state index in [9.17, 15) is 14.4 Å². The smallest absolute Gasteiger partial charge is 0.303 e. The van der Waals surface area contributed by atoms with Crippen LogP contribution in [0.3, 0.4) is 0 Å². The van der Waals surface area contributed by atoms with E-state index in [1.165, 1.54) is 72.8 Å². The Balaban J connectivity index is 2.68. The summed E-state index contributed by atoms with van der Waals surface area (Å²) in [6.07, 6.45) is 7.41. The van der Waals surface area contributed by atoms with Gasteiger partial charge < -0.3 is 28.4 Å². The first-order valence-electron chi connectivity index (χ1n) is 12.6. The molecule has 9 heteroatoms. The van der Waals surface area contributed by atoms with Gasteiger partial charge in [-0.3, -0.25) is 14.4 Å². The highest BCUT2D eigenvalue weighted by Crippen LogP contribution is 2.29. The van der Waals surface area contributed by atoms with Crippen LogP contribution in [0.15, 0.2) is 0 Å². The molecular formula is C25H44O9. The van der Waals surface area contributed by atoms with Crippen molar-refractivity contribution in [2.24, 2.45) is 0 Å². The zero-order valence-corrected chi connectivity index (χ0v) is 21.5. The normalized spacial score (nSPS) is 24.4. The van der Waals surface area contributed by atoms with Crippen LogP contribution in [0.5, 0.6) is 0 Å². The lowest BCUT2D eigenvalue weighted by Gasteiger charge is -2.44. The Hall–Kier alpha value is -1.71. The summed E-state index contributed by atoms with van der Waals surface area (Å²) in [7, 11) is 1.41. The van der Waals surface area contributed by atoms with Crippen LogP contribution in [-0.2, 0) is 42.8 Å². The second-order valence-corrected chi connectivity index (χ2v) is 8.75. The minimum atomic E-state index is -0.964. The second-order valence-electron chi connectivity index (χ2n) is 8.75. The van der Waals surface area contributed by atoms with Crippen molar-refractivity contribution in [1.82, 2.24) is 0 Å². The Bertz CT molecular complexity index is 595. The molecule has 0 aromatic rings. The highest BCUT2D eigenvalue weighted by molar-refractivity contribution is 5.67. The fourth-order valence-corrected chi connectivity index (χ4v) is 4.05. The van der Waals surface area contributed by atoms with Crippen molar-refractivity contribution in [2.75, 3.05) is 20.3 Å². The predicted molar refractivity (Wildman–Crippen MR) is 125 cm³/mol. The number of carbonyl (C=O) groups is 3. The predicted octanol–water partition coefficient (Wildman–Crippen LogP) is 4.09. The summed E-state index contributed by atoms with van der Waals surface area (Å²) in [6, 6.07) is 0. The second kappa shape index (κ2) is 17.7. The molecule has 1 aliphatic rings. The highest BCUT2D eigenvalue weighted by Gasteiger charge is 2.51. The largest absolute Gasteiger partial charge is 0.463 e. The Morgan fingerprint density at radius 3 is 1.74 bits per heavy atom. The fraction of sp³-hybridized carbons (Fsp3) is 0.880. The molecule has 0 radical (unpaired) electrons. The average Bonchev–Trinajstić information content (AvgIpc) is 2.77. The SMILES string of the molecule is CCCCCCCCCCCCO[C@@H]1[C@@H](OC(C)=O)[C@H](OC)O[C@H](COC(C)=O)[C@H]1OC(C)=O. The van der Waals surface area contributed by atoms with Crippen LogP contribution in [0, 0.1) is 0 Å². The average molecular weight is 489 g/mol. The van der Waals surface area contributed by atoms with Crippen LogP contribution < -0.4 is 0 Å². The zero-order chi connectivity index (χ0) is 25.3. The summed E-state index contributed by atoms with van der Waals surface area (Å²) < 4.78 is 33.3. The van der Waals surface area contributed by atoms with Crippen molar-refractivity contribution in [2.45, 2.75) is 123 Å². The van der Waals surface area contributed by atoms with Gasteiger partial charge >= 0.3 is 17.9 Å². The topological polar surface area (TPSA) is 107 Å². The maximum Gasteiger partial charge on any atom is 0.303 e. The third-order valence-corrected chi connectivity index (χ3v) is 5.69. The molecule has 0 aromatic carbocycles. The van der Waals surface area contributed by atoms with E-state index in [4.69, 9.17) is 28.4 Å². The first-order chi connectivity index (χ1) is 16.3. The lowest BCUT2D eigenvalue weighted by atomic mass is 9.98. The molecule has 0 N–H and O–H groups in total. The van der Waals surface area contributed by atoms with Crippen LogP contribution in [0.4, 0.5) is 0 Å². The molecule has 1 saturated heterocycles. The summed E-state index contributed by atoms with van der Waals surface area (Å²) in [5.74, 6) is -1.58. The number of esters is 3. The molecular weight excluding hydrogens is 444 g/mol. The van der Waals surface area contributed by atoms with Gasteiger partial charge in [0.2, 0.25) is 0 Å². The van der Waals surface area contributed by atoms with E-state index < -0.39 is 48.6 Å². The van der Waals surface area contributed by atoms with Gasteiger partial charge in [-0.15, -0.1) is 0 Å². The molecule has 0 amide bonds. The molecule has 1 rings (SSSR count). The minimum Gasteiger partial charge on any atom is -0.463 e. The van der Waals surface area contributed by atoms with Gasteiger partial charge in [0.25, 0.3) is 0 Å². The third-order valence-electron chi connectivity index (χ3n) is 5.69. The molecule has 0 spiro atoms. The van der Waals surface area contributed by atoms with Gasteiger partial charge in [0.1, 0.15) is 18.8 Å². The molecule has 1 heterocycles. The monoisotopic (exact) mass is 488 g/mol. The molecule has 198 valence electrons. The van der Waals surface area contributed by atoms with E-state index >= 15 is 0 Å². The van der Waals surface area contributed by atoms with Gasteiger partial charge in [0.05, 0.1) is 0 Å². The van der Waals surface area contributed by atoms with Gasteiger partial charge in [-0.1, -0.05) is 64.7 Å². The number of hydrogen-bond donors (Lipinski definition) is 0. The van der Waals surface area contributed by atoms with Crippen molar-refractivity contribution < 1.29 is 42.8 Å². The number of unbranched alkanes of at least 4 members (excludes halogenated alkanes) is 9. The Morgan fingerprint density at radius 1 is 0.706 bits per heavy atom. The lowest BCUT2D eigenvalue weighted by Crippen LogP contribution is -2.62. The number of rotatable bonds is 17. The van der Waals surface area contributed by atoms with E-state index in [0.29, 0.717) is 6.61 Å². The first kappa shape index (κ1) is 30.3. The number of methoxy groups -OCH3 is 1. The summed E-state index contributed by atoms with van der Waals surface area (Å²) in [5.41, 5.74) is 0. The van der Waals surface area contributed by atoms with E-state index in [-0.39, 0.29) is 6.61 Å². The molecule has 0 unspecified atom stereocenters. The van der Waals surface area contributed by atoms with Crippen molar-refractivity contribution in [3.05, 3.63) is 0 Å². The molecule has 0 bridgehead atoms. The van der Waals surface area contributed by atoms with E-state index in [1.54, 1.807) is 0 Å². The van der Waals surface area contributed by atoms with Gasteiger partial charge in [-0.05, 0) is 6.42 Å². The van der Waals surface area contributed by atoms with Crippen LogP contribution in [0.2, 0.25) is 0 Å². The molecule has 1 aliphatic heterocycles. The Labute approximate surface area is 204 Å². The van der Waals surface area contributed by atoms with Crippen molar-refractivity contribution >= 4 is 17.9 Å². The summed E-state index contributed by atoms with van der Waals surface area (Å²) >= 11 is 0. The molecule has 9 nitrogen and oxygen atoms in total. The quantitative estimate of drug-likeness (QED) is 0.170. The summed E-state index contributed by atoms with van der Waals surface area (Å²) in [6.45, 7) is 6.29. The molecule has 0 saturated carbocycles. The molecule has 0 aromatic heterocycles. The maximum atomic E-state index is 11.8. The molecule has 34 heavy (non-hydrogen) atoms. The van der Waals surface area contributed by atoms with E-state index in [0.717, 1.165) is 19.3 Å². The number of ether oxygens (including phenoxy) is 6. The maximum absolute atomic E-state index is 11.8. The molecule has 5 atom stereocenters. The molecule has 0 aliphatic carbocycles. The van der Waals surface area contributed by atoms with E-state index in [2.05, 4.69) is 6.92 Å². The highest BCUT2D eigenvalue weighted by atomic mass is 16.7. The number of hydrogen-bond acceptors (Lipinski definition) is 9. The fourth-order valence-electron chi connectivity index (χ4n) is 4.05. The summed E-state index contributed by atoms with van der Waals surface area (Å²) in [4.78, 5) is 34.9. The standard InChI is InChI=1S/C25H44O9/c1-6-7-8-9-10-11-12-13-14-15-16-30-23-22(32-19(3)27)21(17-31-18(2)26)34-25(29-5)24(23)33-20(4)28/h21-25H,6-17H2,1-5H3/t21-,22-,23+,24-,25-/m1/s1. The third kappa shape index (κ3) is 12.1. The van der Waals surface area contributed by atoms with Crippen LogP contribution in [0.25, 0.3) is 0 Å². The Morgan fingerprint density at radius 2 is 1.24 bits per heavy atom. The van der Waals surface area contributed by atoms with Crippen molar-refractivity contribution in [1.29, 1.82) is 0 Å². The minimum absolute atomic E-state index is 0.155. The zero-order valence-electron chi connectivity index (χ0n) is 21.5. The van der Waals surface area contributed by atoms with Crippen LogP contribution in [-0.4, -0.2) is 68.9 Å². The van der Waals surface area contributed by atoms with Crippen molar-refractivity contribution in [3.8, 4) is 0 Å². The van der Waals surface area contributed by atoms with E-state index in [1.807, 2.05) is 0 Å². The van der Waals surface area contributed by atoms with Gasteiger partial charge in [0, 0.05) is 34.5 Å². The van der Waals surface area contributed by atoms with Gasteiger partial charge in [-0.25, -0.2) is 0 Å². The van der Waals surface area contributed by atoms with Crippen molar-refractivity contribution in [3.63, 3.8) is 0 Å². The lowest BCUT2D eigenvalue weighted by molar-refractivity contribution is -0.306. The molecule has 1 fully saturated rings. The van der Waals surface area contributed by atoms with Crippen LogP contribution in [0.1, 0.15) is 91.9 Å². The first-order valence-corrected chi connectivity index (χ1v) is 12.6. The number of carbonyl (C=O) groups excluding carboxylic acids is 3. The van der Waals surface area contributed by atoms with Crippen LogP contribution >= 0.6 is 0 Å².